The van der Waals surface area contributed by atoms with Gasteiger partial charge in [0.15, 0.2) is 5.82 Å². The second-order valence-electron chi connectivity index (χ2n) is 3.30. The molecule has 0 spiro atoms. The zero-order chi connectivity index (χ0) is 11.3. The standard InChI is InChI=1S/C10H15N3O2/c1-3-4-7-13(8(2)14)9-5-6-10(15)12-11-9/h5-6H,3-4,7H2,1-2H3,(H,12,15). The van der Waals surface area contributed by atoms with Crippen molar-refractivity contribution in [2.45, 2.75) is 26.7 Å². The van der Waals surface area contributed by atoms with E-state index in [1.165, 1.54) is 13.0 Å². The number of nitrogens with one attached hydrogen (secondary N) is 1. The second kappa shape index (κ2) is 5.29. The van der Waals surface area contributed by atoms with E-state index < -0.39 is 0 Å². The molecule has 82 valence electrons. The Morgan fingerprint density at radius 3 is 2.73 bits per heavy atom. The molecule has 1 N–H and O–H groups in total. The molecule has 1 rings (SSSR count). The smallest absolute Gasteiger partial charge is 0.264 e. The Morgan fingerprint density at radius 1 is 1.53 bits per heavy atom. The molecule has 1 aromatic heterocycles. The minimum Gasteiger partial charge on any atom is -0.296 e. The Balaban J connectivity index is 2.84. The van der Waals surface area contributed by atoms with Gasteiger partial charge in [0.1, 0.15) is 0 Å². The number of hydrogen-bond acceptors (Lipinski definition) is 3. The van der Waals surface area contributed by atoms with Crippen molar-refractivity contribution in [2.75, 3.05) is 11.4 Å². The van der Waals surface area contributed by atoms with Crippen LogP contribution < -0.4 is 10.5 Å². The highest BCUT2D eigenvalue weighted by atomic mass is 16.2. The van der Waals surface area contributed by atoms with E-state index in [0.717, 1.165) is 12.8 Å². The summed E-state index contributed by atoms with van der Waals surface area (Å²) in [4.78, 5) is 23.7. The van der Waals surface area contributed by atoms with E-state index in [9.17, 15) is 9.59 Å². The third kappa shape index (κ3) is 3.19. The number of carbonyl (C=O) groups excluding carboxylic acids is 1. The lowest BCUT2D eigenvalue weighted by molar-refractivity contribution is -0.116. The van der Waals surface area contributed by atoms with Gasteiger partial charge in [0, 0.05) is 19.5 Å². The first-order valence-corrected chi connectivity index (χ1v) is 4.99. The lowest BCUT2D eigenvalue weighted by atomic mass is 10.3. The summed E-state index contributed by atoms with van der Waals surface area (Å²) in [6.45, 7) is 4.17. The van der Waals surface area contributed by atoms with Crippen LogP contribution in [0.15, 0.2) is 16.9 Å². The first-order valence-electron chi connectivity index (χ1n) is 4.99. The lowest BCUT2D eigenvalue weighted by Crippen LogP contribution is -2.31. The van der Waals surface area contributed by atoms with Crippen LogP contribution in [0.4, 0.5) is 5.82 Å². The Bertz CT molecular complexity index is 366. The number of unbranched alkanes of at least 4 members (excludes halogenated alkanes) is 1. The molecular formula is C10H15N3O2. The highest BCUT2D eigenvalue weighted by Crippen LogP contribution is 2.08. The molecule has 0 saturated carbocycles. The Hall–Kier alpha value is -1.65. The van der Waals surface area contributed by atoms with Gasteiger partial charge < -0.3 is 0 Å². The fourth-order valence-electron chi connectivity index (χ4n) is 1.24. The molecule has 0 bridgehead atoms. The Morgan fingerprint density at radius 2 is 2.27 bits per heavy atom. The van der Waals surface area contributed by atoms with E-state index in [1.54, 1.807) is 11.0 Å². The van der Waals surface area contributed by atoms with Gasteiger partial charge in [0.2, 0.25) is 5.91 Å². The molecule has 5 nitrogen and oxygen atoms in total. The number of aromatic amines is 1. The molecule has 0 unspecified atom stereocenters. The van der Waals surface area contributed by atoms with Gasteiger partial charge in [-0.2, -0.15) is 5.10 Å². The van der Waals surface area contributed by atoms with Gasteiger partial charge in [-0.15, -0.1) is 0 Å². The number of rotatable bonds is 4. The van der Waals surface area contributed by atoms with Gasteiger partial charge in [-0.25, -0.2) is 5.10 Å². The third-order valence-corrected chi connectivity index (χ3v) is 2.06. The minimum absolute atomic E-state index is 0.0667. The maximum Gasteiger partial charge on any atom is 0.264 e. The molecule has 0 aliphatic heterocycles. The van der Waals surface area contributed by atoms with Crippen molar-refractivity contribution >= 4 is 11.7 Å². The summed E-state index contributed by atoms with van der Waals surface area (Å²) in [5.74, 6) is 0.429. The maximum atomic E-state index is 11.3. The zero-order valence-corrected chi connectivity index (χ0v) is 8.99. The van der Waals surface area contributed by atoms with Crippen molar-refractivity contribution in [1.82, 2.24) is 10.2 Å². The van der Waals surface area contributed by atoms with E-state index in [2.05, 4.69) is 17.1 Å². The lowest BCUT2D eigenvalue weighted by Gasteiger charge is -2.18. The van der Waals surface area contributed by atoms with E-state index in [4.69, 9.17) is 0 Å². The molecular weight excluding hydrogens is 194 g/mol. The molecule has 1 heterocycles. The highest BCUT2D eigenvalue weighted by molar-refractivity contribution is 5.90. The van der Waals surface area contributed by atoms with Crippen LogP contribution >= 0.6 is 0 Å². The van der Waals surface area contributed by atoms with Gasteiger partial charge in [0.05, 0.1) is 0 Å². The average Bonchev–Trinajstić information content (AvgIpc) is 2.21. The highest BCUT2D eigenvalue weighted by Gasteiger charge is 2.11. The average molecular weight is 209 g/mol. The second-order valence-corrected chi connectivity index (χ2v) is 3.30. The number of H-pyrrole nitrogens is 1. The van der Waals surface area contributed by atoms with Crippen molar-refractivity contribution < 1.29 is 4.79 Å². The molecule has 5 heteroatoms. The van der Waals surface area contributed by atoms with E-state index >= 15 is 0 Å². The number of carbonyl (C=O) groups is 1. The third-order valence-electron chi connectivity index (χ3n) is 2.06. The Labute approximate surface area is 88.1 Å². The predicted octanol–water partition coefficient (Wildman–Crippen LogP) is 0.923. The van der Waals surface area contributed by atoms with Crippen LogP contribution in [0.1, 0.15) is 26.7 Å². The molecule has 0 aliphatic rings. The van der Waals surface area contributed by atoms with Crippen molar-refractivity contribution in [1.29, 1.82) is 0 Å². The van der Waals surface area contributed by atoms with Gasteiger partial charge in [-0.05, 0) is 12.5 Å². The van der Waals surface area contributed by atoms with E-state index in [0.29, 0.717) is 12.4 Å². The number of hydrogen-bond donors (Lipinski definition) is 1. The molecule has 15 heavy (non-hydrogen) atoms. The van der Waals surface area contributed by atoms with Crippen LogP contribution in [-0.4, -0.2) is 22.6 Å². The predicted molar refractivity (Wildman–Crippen MR) is 57.8 cm³/mol. The number of amides is 1. The van der Waals surface area contributed by atoms with Crippen molar-refractivity contribution in [3.05, 3.63) is 22.5 Å². The first kappa shape index (κ1) is 11.4. The normalized spacial score (nSPS) is 10.0. The first-order chi connectivity index (χ1) is 7.15. The molecule has 1 amide bonds. The van der Waals surface area contributed by atoms with E-state index in [1.807, 2.05) is 0 Å². The molecule has 0 atom stereocenters. The summed E-state index contributed by atoms with van der Waals surface area (Å²) in [6.07, 6.45) is 1.92. The quantitative estimate of drug-likeness (QED) is 0.802. The topological polar surface area (TPSA) is 66.1 Å². The summed E-state index contributed by atoms with van der Waals surface area (Å²) in [5.41, 5.74) is -0.266. The summed E-state index contributed by atoms with van der Waals surface area (Å²) in [5, 5.41) is 6.13. The van der Waals surface area contributed by atoms with Crippen LogP contribution in [-0.2, 0) is 4.79 Å². The van der Waals surface area contributed by atoms with Crippen LogP contribution in [0.3, 0.4) is 0 Å². The fourth-order valence-corrected chi connectivity index (χ4v) is 1.24. The number of nitrogens with zero attached hydrogens (tertiary/aromatic N) is 2. The maximum absolute atomic E-state index is 11.3. The summed E-state index contributed by atoms with van der Waals surface area (Å²) >= 11 is 0. The van der Waals surface area contributed by atoms with Crippen molar-refractivity contribution in [3.63, 3.8) is 0 Å². The fraction of sp³-hybridized carbons (Fsp3) is 0.500. The molecule has 1 aromatic rings. The number of aromatic nitrogens is 2. The Kier molecular flexibility index (Phi) is 4.03. The summed E-state index contributed by atoms with van der Waals surface area (Å²) < 4.78 is 0. The van der Waals surface area contributed by atoms with Crippen LogP contribution in [0.25, 0.3) is 0 Å². The molecule has 0 saturated heterocycles. The monoisotopic (exact) mass is 209 g/mol. The van der Waals surface area contributed by atoms with Crippen molar-refractivity contribution in [3.8, 4) is 0 Å². The molecule has 0 radical (unpaired) electrons. The zero-order valence-electron chi connectivity index (χ0n) is 8.99. The minimum atomic E-state index is -0.266. The summed E-state index contributed by atoms with van der Waals surface area (Å²) in [6, 6.07) is 2.92. The van der Waals surface area contributed by atoms with Gasteiger partial charge >= 0.3 is 0 Å². The van der Waals surface area contributed by atoms with Gasteiger partial charge in [0.25, 0.3) is 5.56 Å². The van der Waals surface area contributed by atoms with Crippen LogP contribution in [0.5, 0.6) is 0 Å². The van der Waals surface area contributed by atoms with E-state index in [-0.39, 0.29) is 11.5 Å². The van der Waals surface area contributed by atoms with Crippen LogP contribution in [0, 0.1) is 0 Å². The van der Waals surface area contributed by atoms with Gasteiger partial charge in [-0.1, -0.05) is 13.3 Å². The van der Waals surface area contributed by atoms with Crippen LogP contribution in [0.2, 0.25) is 0 Å². The SMILES string of the molecule is CCCCN(C(C)=O)c1ccc(=O)[nH]n1. The molecule has 0 aliphatic carbocycles. The van der Waals surface area contributed by atoms with Crippen molar-refractivity contribution in [2.24, 2.45) is 0 Å². The summed E-state index contributed by atoms with van der Waals surface area (Å²) in [7, 11) is 0. The largest absolute Gasteiger partial charge is 0.296 e. The van der Waals surface area contributed by atoms with Gasteiger partial charge in [-0.3, -0.25) is 14.5 Å². The molecule has 0 fully saturated rings. The molecule has 0 aromatic carbocycles. The number of anilines is 1.